The molecule has 2 nitrogen and oxygen atoms in total. The minimum atomic E-state index is 1.22. The number of hydrogen-bond donors (Lipinski definition) is 0. The largest absolute Gasteiger partial charge is 0.309 e. The van der Waals surface area contributed by atoms with E-state index >= 15 is 0 Å². The fourth-order valence-corrected chi connectivity index (χ4v) is 9.17. The molecule has 0 bridgehead atoms. The molecule has 0 saturated carbocycles. The molecule has 7 aromatic carbocycles. The van der Waals surface area contributed by atoms with Crippen LogP contribution in [0.5, 0.6) is 0 Å². The Morgan fingerprint density at radius 2 is 1.02 bits per heavy atom. The quantitative estimate of drug-likeness (QED) is 0.190. The molecule has 0 unspecified atom stereocenters. The van der Waals surface area contributed by atoms with Crippen molar-refractivity contribution in [2.75, 3.05) is 0 Å². The van der Waals surface area contributed by atoms with E-state index in [1.54, 1.807) is 0 Å². The van der Waals surface area contributed by atoms with E-state index < -0.39 is 0 Å². The van der Waals surface area contributed by atoms with Crippen molar-refractivity contribution >= 4 is 91.4 Å². The van der Waals surface area contributed by atoms with E-state index in [-0.39, 0.29) is 0 Å². The molecule has 0 aliphatic carbocycles. The van der Waals surface area contributed by atoms with Crippen molar-refractivity contribution < 1.29 is 0 Å². The molecule has 0 atom stereocenters. The van der Waals surface area contributed by atoms with Gasteiger partial charge in [0.1, 0.15) is 0 Å². The van der Waals surface area contributed by atoms with Gasteiger partial charge in [0.15, 0.2) is 0 Å². The van der Waals surface area contributed by atoms with Crippen LogP contribution < -0.4 is 0 Å². The lowest BCUT2D eigenvalue weighted by molar-refractivity contribution is 1.20. The van der Waals surface area contributed by atoms with E-state index in [1.165, 1.54) is 96.9 Å². The molecular formula is C42H24N2S. The summed E-state index contributed by atoms with van der Waals surface area (Å²) in [7, 11) is 0. The van der Waals surface area contributed by atoms with Crippen LogP contribution in [0.25, 0.3) is 96.9 Å². The summed E-state index contributed by atoms with van der Waals surface area (Å²) in [5, 5.41) is 10.4. The normalized spacial score (nSPS) is 12.4. The van der Waals surface area contributed by atoms with Gasteiger partial charge in [0.2, 0.25) is 0 Å². The first-order valence-electron chi connectivity index (χ1n) is 15.5. The molecule has 0 fully saturated rings. The highest BCUT2D eigenvalue weighted by Crippen LogP contribution is 2.45. The Labute approximate surface area is 261 Å². The standard InChI is InChI=1S/C42H24N2S/c1-5-15-33-27(10-1)29-21-20-25(26-14-9-19-39-40(26)32-13-4-8-18-38(32)45-39)24-37(29)43(33)36-23-22-30-28-11-2-6-16-34(28)44-35-17-7-3-12-31(35)41(36)42(30)44/h1-24H. The smallest absolute Gasteiger partial charge is 0.0641 e. The van der Waals surface area contributed by atoms with Crippen molar-refractivity contribution in [3.63, 3.8) is 0 Å². The van der Waals surface area contributed by atoms with Crippen LogP contribution in [-0.2, 0) is 0 Å². The average Bonchev–Trinajstić information content (AvgIpc) is 3.83. The van der Waals surface area contributed by atoms with E-state index in [0.717, 1.165) is 0 Å². The average molecular weight is 589 g/mol. The van der Waals surface area contributed by atoms with Gasteiger partial charge in [0, 0.05) is 52.5 Å². The van der Waals surface area contributed by atoms with Gasteiger partial charge in [-0.2, -0.15) is 0 Å². The monoisotopic (exact) mass is 588 g/mol. The van der Waals surface area contributed by atoms with Crippen LogP contribution in [0.15, 0.2) is 146 Å². The van der Waals surface area contributed by atoms with Gasteiger partial charge >= 0.3 is 0 Å². The van der Waals surface area contributed by atoms with Crippen LogP contribution >= 0.6 is 11.3 Å². The number of rotatable bonds is 2. The third kappa shape index (κ3) is 2.98. The van der Waals surface area contributed by atoms with E-state index in [1.807, 2.05) is 11.3 Å². The van der Waals surface area contributed by atoms with Crippen LogP contribution in [0.3, 0.4) is 0 Å². The summed E-state index contributed by atoms with van der Waals surface area (Å²) in [6.45, 7) is 0. The van der Waals surface area contributed by atoms with Crippen LogP contribution in [0.2, 0.25) is 0 Å². The zero-order valence-electron chi connectivity index (χ0n) is 24.2. The van der Waals surface area contributed by atoms with Gasteiger partial charge in [-0.3, -0.25) is 0 Å². The van der Waals surface area contributed by atoms with Crippen molar-refractivity contribution in [1.29, 1.82) is 0 Å². The summed E-state index contributed by atoms with van der Waals surface area (Å²) in [4.78, 5) is 0. The maximum absolute atomic E-state index is 2.51. The molecule has 0 aliphatic heterocycles. The predicted octanol–water partition coefficient (Wildman–Crippen LogP) is 12.0. The van der Waals surface area contributed by atoms with E-state index in [4.69, 9.17) is 0 Å². The molecule has 11 rings (SSSR count). The van der Waals surface area contributed by atoms with Crippen LogP contribution in [-0.4, -0.2) is 8.97 Å². The number of thiophene rings is 1. The highest BCUT2D eigenvalue weighted by molar-refractivity contribution is 7.25. The Bertz CT molecular complexity index is 2990. The van der Waals surface area contributed by atoms with Crippen LogP contribution in [0, 0.1) is 0 Å². The summed E-state index contributed by atoms with van der Waals surface area (Å²) >= 11 is 1.88. The number of para-hydroxylation sites is 3. The van der Waals surface area contributed by atoms with Gasteiger partial charge in [-0.25, -0.2) is 0 Å². The molecule has 0 amide bonds. The maximum Gasteiger partial charge on any atom is 0.0641 e. The van der Waals surface area contributed by atoms with E-state index in [0.29, 0.717) is 0 Å². The maximum atomic E-state index is 2.51. The third-order valence-corrected chi connectivity index (χ3v) is 11.0. The number of fused-ring (bicyclic) bond motifs is 12. The van der Waals surface area contributed by atoms with Crippen LogP contribution in [0.1, 0.15) is 0 Å². The van der Waals surface area contributed by atoms with Gasteiger partial charge < -0.3 is 8.97 Å². The Morgan fingerprint density at radius 1 is 0.400 bits per heavy atom. The Kier molecular flexibility index (Phi) is 4.49. The molecule has 3 heteroatoms. The topological polar surface area (TPSA) is 9.34 Å². The van der Waals surface area contributed by atoms with Gasteiger partial charge in [-0.05, 0) is 53.6 Å². The fourth-order valence-electron chi connectivity index (χ4n) is 8.04. The Balaban J connectivity index is 1.29. The highest BCUT2D eigenvalue weighted by Gasteiger charge is 2.23. The van der Waals surface area contributed by atoms with Crippen molar-refractivity contribution in [1.82, 2.24) is 8.97 Å². The van der Waals surface area contributed by atoms with Gasteiger partial charge in [-0.15, -0.1) is 11.3 Å². The summed E-state index contributed by atoms with van der Waals surface area (Å²) in [5.41, 5.74) is 10.0. The minimum Gasteiger partial charge on any atom is -0.309 e. The second-order valence-electron chi connectivity index (χ2n) is 12.1. The molecule has 0 radical (unpaired) electrons. The summed E-state index contributed by atoms with van der Waals surface area (Å²) in [5.74, 6) is 0. The third-order valence-electron chi connectivity index (χ3n) is 9.86. The zero-order valence-corrected chi connectivity index (χ0v) is 25.0. The second kappa shape index (κ2) is 8.50. The Hall–Kier alpha value is -5.64. The fraction of sp³-hybridized carbons (Fsp3) is 0. The number of nitrogens with zero attached hydrogens (tertiary/aromatic N) is 2. The Morgan fingerprint density at radius 3 is 1.87 bits per heavy atom. The van der Waals surface area contributed by atoms with Crippen molar-refractivity contribution in [3.05, 3.63) is 146 Å². The van der Waals surface area contributed by atoms with Crippen molar-refractivity contribution in [3.8, 4) is 16.8 Å². The minimum absolute atomic E-state index is 1.22. The molecule has 0 spiro atoms. The van der Waals surface area contributed by atoms with Gasteiger partial charge in [-0.1, -0.05) is 103 Å². The van der Waals surface area contributed by atoms with Gasteiger partial charge in [0.25, 0.3) is 0 Å². The molecule has 45 heavy (non-hydrogen) atoms. The molecular weight excluding hydrogens is 565 g/mol. The summed E-state index contributed by atoms with van der Waals surface area (Å²) < 4.78 is 7.65. The number of benzene rings is 7. The molecule has 0 aliphatic rings. The predicted molar refractivity (Wildman–Crippen MR) is 194 cm³/mol. The summed E-state index contributed by atoms with van der Waals surface area (Å²) in [6.07, 6.45) is 0. The number of hydrogen-bond acceptors (Lipinski definition) is 1. The SMILES string of the molecule is c1ccc2c(c1)sc1cccc(-c3ccc4c5ccccc5n(-c5ccc6c7ccccc7n7c8ccccc8c5c67)c4c3)c12. The molecule has 0 saturated heterocycles. The lowest BCUT2D eigenvalue weighted by Gasteiger charge is -2.12. The van der Waals surface area contributed by atoms with Gasteiger partial charge in [0.05, 0.1) is 33.3 Å². The zero-order chi connectivity index (χ0) is 29.2. The first kappa shape index (κ1) is 23.8. The molecule has 11 aromatic rings. The molecule has 4 heterocycles. The van der Waals surface area contributed by atoms with Crippen LogP contribution in [0.4, 0.5) is 0 Å². The highest BCUT2D eigenvalue weighted by atomic mass is 32.1. The van der Waals surface area contributed by atoms with Crippen molar-refractivity contribution in [2.24, 2.45) is 0 Å². The van der Waals surface area contributed by atoms with E-state index in [9.17, 15) is 0 Å². The first-order valence-corrected chi connectivity index (χ1v) is 16.3. The lowest BCUT2D eigenvalue weighted by atomic mass is 9.98. The molecule has 208 valence electrons. The summed E-state index contributed by atoms with van der Waals surface area (Å²) in [6, 6.07) is 53.9. The van der Waals surface area contributed by atoms with E-state index in [2.05, 4.69) is 155 Å². The first-order chi connectivity index (χ1) is 22.3. The van der Waals surface area contributed by atoms with Crippen molar-refractivity contribution in [2.45, 2.75) is 0 Å². The lowest BCUT2D eigenvalue weighted by Crippen LogP contribution is -1.95. The molecule has 0 N–H and O–H groups in total. The molecule has 4 aromatic heterocycles. The number of aromatic nitrogens is 2. The second-order valence-corrected chi connectivity index (χ2v) is 13.2.